The standard InChI is InChI=1S/C9H12FNO2/c1-5(12)8(11)6-3-2-4-7(10)9(6)13/h2-5,8,12-13H,11H2,1H3/t5-,8-/m1/s1. The Labute approximate surface area is 75.6 Å². The molecule has 1 aromatic rings. The van der Waals surface area contributed by atoms with Crippen LogP contribution >= 0.6 is 0 Å². The Morgan fingerprint density at radius 1 is 1.46 bits per heavy atom. The predicted octanol–water partition coefficient (Wildman–Crippen LogP) is 0.912. The lowest BCUT2D eigenvalue weighted by atomic mass is 10.0. The van der Waals surface area contributed by atoms with Crippen LogP contribution in [0.1, 0.15) is 18.5 Å². The Morgan fingerprint density at radius 2 is 2.08 bits per heavy atom. The van der Waals surface area contributed by atoms with Gasteiger partial charge in [0.05, 0.1) is 12.1 Å². The molecule has 1 rings (SSSR count). The van der Waals surface area contributed by atoms with Crippen LogP contribution in [0.4, 0.5) is 4.39 Å². The van der Waals surface area contributed by atoms with E-state index in [1.54, 1.807) is 0 Å². The third-order valence-electron chi connectivity index (χ3n) is 1.90. The molecule has 0 saturated carbocycles. The van der Waals surface area contributed by atoms with E-state index in [9.17, 15) is 9.50 Å². The van der Waals surface area contributed by atoms with Gasteiger partial charge in [-0.3, -0.25) is 0 Å². The van der Waals surface area contributed by atoms with Crippen molar-refractivity contribution in [3.05, 3.63) is 29.6 Å². The minimum absolute atomic E-state index is 0.218. The number of rotatable bonds is 2. The Hall–Kier alpha value is -1.13. The topological polar surface area (TPSA) is 66.5 Å². The lowest BCUT2D eigenvalue weighted by Gasteiger charge is -2.16. The van der Waals surface area contributed by atoms with Gasteiger partial charge in [-0.2, -0.15) is 0 Å². The third kappa shape index (κ3) is 1.96. The summed E-state index contributed by atoms with van der Waals surface area (Å²) in [6.45, 7) is 1.48. The molecule has 3 nitrogen and oxygen atoms in total. The maximum Gasteiger partial charge on any atom is 0.165 e. The second kappa shape index (κ2) is 3.72. The molecule has 0 aliphatic rings. The van der Waals surface area contributed by atoms with Gasteiger partial charge >= 0.3 is 0 Å². The van der Waals surface area contributed by atoms with Crippen molar-refractivity contribution in [2.45, 2.75) is 19.1 Å². The summed E-state index contributed by atoms with van der Waals surface area (Å²) < 4.78 is 12.8. The molecule has 0 unspecified atom stereocenters. The van der Waals surface area contributed by atoms with E-state index in [0.29, 0.717) is 0 Å². The first kappa shape index (κ1) is 9.95. The number of para-hydroxylation sites is 1. The van der Waals surface area contributed by atoms with Crippen LogP contribution in [0.5, 0.6) is 5.75 Å². The fourth-order valence-corrected chi connectivity index (χ4v) is 1.06. The number of benzene rings is 1. The van der Waals surface area contributed by atoms with Gasteiger partial charge in [0, 0.05) is 5.56 Å². The van der Waals surface area contributed by atoms with Crippen LogP contribution in [0.25, 0.3) is 0 Å². The zero-order chi connectivity index (χ0) is 10.0. The van der Waals surface area contributed by atoms with E-state index in [2.05, 4.69) is 0 Å². The van der Waals surface area contributed by atoms with Gasteiger partial charge in [0.25, 0.3) is 0 Å². The van der Waals surface area contributed by atoms with Crippen LogP contribution in [-0.2, 0) is 0 Å². The molecular formula is C9H12FNO2. The average Bonchev–Trinajstić information content (AvgIpc) is 2.08. The van der Waals surface area contributed by atoms with Crippen LogP contribution in [0.3, 0.4) is 0 Å². The number of aliphatic hydroxyl groups excluding tert-OH is 1. The summed E-state index contributed by atoms with van der Waals surface area (Å²) in [7, 11) is 0. The van der Waals surface area contributed by atoms with Crippen LogP contribution in [0.15, 0.2) is 18.2 Å². The second-order valence-electron chi connectivity index (χ2n) is 2.94. The summed E-state index contributed by atoms with van der Waals surface area (Å²) >= 11 is 0. The van der Waals surface area contributed by atoms with Gasteiger partial charge in [0.1, 0.15) is 0 Å². The van der Waals surface area contributed by atoms with E-state index in [0.717, 1.165) is 6.07 Å². The van der Waals surface area contributed by atoms with E-state index >= 15 is 0 Å². The van der Waals surface area contributed by atoms with E-state index < -0.39 is 23.7 Å². The molecule has 4 N–H and O–H groups in total. The normalized spacial score (nSPS) is 15.4. The SMILES string of the molecule is C[C@@H](O)[C@@H](N)c1cccc(F)c1O. The highest BCUT2D eigenvalue weighted by Crippen LogP contribution is 2.26. The highest BCUT2D eigenvalue weighted by molar-refractivity contribution is 5.36. The second-order valence-corrected chi connectivity index (χ2v) is 2.94. The Bertz CT molecular complexity index is 302. The number of phenols is 1. The molecule has 0 aliphatic heterocycles. The van der Waals surface area contributed by atoms with Gasteiger partial charge in [-0.05, 0) is 13.0 Å². The highest BCUT2D eigenvalue weighted by Gasteiger charge is 2.17. The summed E-state index contributed by atoms with van der Waals surface area (Å²) in [4.78, 5) is 0. The van der Waals surface area contributed by atoms with E-state index in [1.165, 1.54) is 19.1 Å². The van der Waals surface area contributed by atoms with Crippen LogP contribution < -0.4 is 5.73 Å². The van der Waals surface area contributed by atoms with Crippen molar-refractivity contribution in [2.75, 3.05) is 0 Å². The summed E-state index contributed by atoms with van der Waals surface area (Å²) in [6.07, 6.45) is -0.826. The number of hydrogen-bond acceptors (Lipinski definition) is 3. The average molecular weight is 185 g/mol. The summed E-state index contributed by atoms with van der Waals surface area (Å²) in [5, 5.41) is 18.4. The molecule has 13 heavy (non-hydrogen) atoms. The first-order valence-corrected chi connectivity index (χ1v) is 3.95. The van der Waals surface area contributed by atoms with Gasteiger partial charge in [0.2, 0.25) is 0 Å². The Morgan fingerprint density at radius 3 is 2.62 bits per heavy atom. The number of aliphatic hydroxyl groups is 1. The number of nitrogens with two attached hydrogens (primary N) is 1. The summed E-state index contributed by atoms with van der Waals surface area (Å²) in [6, 6.07) is 3.28. The fourth-order valence-electron chi connectivity index (χ4n) is 1.06. The molecule has 0 aliphatic carbocycles. The molecule has 0 radical (unpaired) electrons. The molecule has 2 atom stereocenters. The summed E-state index contributed by atoms with van der Waals surface area (Å²) in [5.41, 5.74) is 5.75. The van der Waals surface area contributed by atoms with Crippen molar-refractivity contribution in [1.29, 1.82) is 0 Å². The molecule has 0 bridgehead atoms. The van der Waals surface area contributed by atoms with Crippen molar-refractivity contribution < 1.29 is 14.6 Å². The molecule has 0 amide bonds. The number of hydrogen-bond donors (Lipinski definition) is 3. The largest absolute Gasteiger partial charge is 0.505 e. The molecule has 0 heterocycles. The number of aromatic hydroxyl groups is 1. The van der Waals surface area contributed by atoms with Crippen LogP contribution in [0, 0.1) is 5.82 Å². The van der Waals surface area contributed by atoms with Crippen molar-refractivity contribution in [3.8, 4) is 5.75 Å². The Kier molecular flexibility index (Phi) is 2.85. The zero-order valence-electron chi connectivity index (χ0n) is 7.24. The third-order valence-corrected chi connectivity index (χ3v) is 1.90. The molecule has 0 fully saturated rings. The van der Waals surface area contributed by atoms with Crippen LogP contribution in [-0.4, -0.2) is 16.3 Å². The first-order chi connectivity index (χ1) is 6.04. The van der Waals surface area contributed by atoms with Gasteiger partial charge in [-0.25, -0.2) is 4.39 Å². The van der Waals surface area contributed by atoms with Gasteiger partial charge in [-0.1, -0.05) is 12.1 Å². The van der Waals surface area contributed by atoms with E-state index in [-0.39, 0.29) is 5.56 Å². The predicted molar refractivity (Wildman–Crippen MR) is 46.7 cm³/mol. The maximum absolute atomic E-state index is 12.8. The van der Waals surface area contributed by atoms with Crippen molar-refractivity contribution in [1.82, 2.24) is 0 Å². The summed E-state index contributed by atoms with van der Waals surface area (Å²) in [5.74, 6) is -1.22. The molecule has 72 valence electrons. The van der Waals surface area contributed by atoms with Gasteiger partial charge in [-0.15, -0.1) is 0 Å². The molecule has 0 saturated heterocycles. The minimum Gasteiger partial charge on any atom is -0.505 e. The van der Waals surface area contributed by atoms with E-state index in [4.69, 9.17) is 10.8 Å². The minimum atomic E-state index is -0.826. The zero-order valence-corrected chi connectivity index (χ0v) is 7.24. The molecule has 0 aromatic heterocycles. The number of phenolic OH excluding ortho intramolecular Hbond substituents is 1. The molecular weight excluding hydrogens is 173 g/mol. The van der Waals surface area contributed by atoms with E-state index in [1.807, 2.05) is 0 Å². The quantitative estimate of drug-likeness (QED) is 0.641. The fraction of sp³-hybridized carbons (Fsp3) is 0.333. The van der Waals surface area contributed by atoms with Crippen molar-refractivity contribution in [2.24, 2.45) is 5.73 Å². The molecule has 1 aromatic carbocycles. The maximum atomic E-state index is 12.8. The molecule has 4 heteroatoms. The number of halogens is 1. The monoisotopic (exact) mass is 185 g/mol. The first-order valence-electron chi connectivity index (χ1n) is 3.95. The lowest BCUT2D eigenvalue weighted by Crippen LogP contribution is -2.23. The lowest BCUT2D eigenvalue weighted by molar-refractivity contribution is 0.162. The van der Waals surface area contributed by atoms with Gasteiger partial charge < -0.3 is 15.9 Å². The van der Waals surface area contributed by atoms with Crippen molar-refractivity contribution in [3.63, 3.8) is 0 Å². The van der Waals surface area contributed by atoms with Gasteiger partial charge in [0.15, 0.2) is 11.6 Å². The highest BCUT2D eigenvalue weighted by atomic mass is 19.1. The smallest absolute Gasteiger partial charge is 0.165 e. The Balaban J connectivity index is 3.07. The van der Waals surface area contributed by atoms with Crippen molar-refractivity contribution >= 4 is 0 Å². The molecule has 0 spiro atoms. The van der Waals surface area contributed by atoms with Crippen LogP contribution in [0.2, 0.25) is 0 Å².